The van der Waals surface area contributed by atoms with Gasteiger partial charge in [0.1, 0.15) is 6.04 Å². The summed E-state index contributed by atoms with van der Waals surface area (Å²) in [7, 11) is 1.66. The summed E-state index contributed by atoms with van der Waals surface area (Å²) < 4.78 is 0.871. The molecule has 3 nitrogen and oxygen atoms in total. The molecule has 1 atom stereocenters. The quantitative estimate of drug-likeness (QED) is 0.557. The first-order valence-electron chi connectivity index (χ1n) is 2.68. The number of carbonyl (C=O) groups is 1. The van der Waals surface area contributed by atoms with E-state index in [1.54, 1.807) is 7.05 Å². The van der Waals surface area contributed by atoms with Crippen LogP contribution in [0.2, 0.25) is 0 Å². The molecule has 0 heterocycles. The maximum absolute atomic E-state index is 10.3. The van der Waals surface area contributed by atoms with Crippen molar-refractivity contribution >= 4 is 28.6 Å². The fourth-order valence-corrected chi connectivity index (χ4v) is 1.12. The number of rotatable bonds is 4. The smallest absolute Gasteiger partial charge is 0.320 e. The predicted molar refractivity (Wildman–Crippen MR) is 44.0 cm³/mol. The molecule has 0 amide bonds. The number of likely N-dealkylation sites (N-methyl/N-ethyl adjacent to an activating group) is 1. The van der Waals surface area contributed by atoms with E-state index in [0.29, 0.717) is 6.42 Å². The summed E-state index contributed by atoms with van der Waals surface area (Å²) in [6.45, 7) is 0. The molecule has 0 aliphatic heterocycles. The van der Waals surface area contributed by atoms with Crippen molar-refractivity contribution in [1.29, 1.82) is 0 Å². The zero-order valence-electron chi connectivity index (χ0n) is 5.22. The van der Waals surface area contributed by atoms with Crippen LogP contribution in [-0.2, 0) is 4.79 Å². The van der Waals surface area contributed by atoms with Gasteiger partial charge < -0.3 is 10.4 Å². The molecular formula is C5H10INO2. The van der Waals surface area contributed by atoms with E-state index in [9.17, 15) is 4.79 Å². The second-order valence-electron chi connectivity index (χ2n) is 1.66. The summed E-state index contributed by atoms with van der Waals surface area (Å²) in [5.41, 5.74) is 0. The van der Waals surface area contributed by atoms with E-state index >= 15 is 0 Å². The summed E-state index contributed by atoms with van der Waals surface area (Å²) in [4.78, 5) is 10.3. The Hall–Kier alpha value is 0.160. The first kappa shape index (κ1) is 9.16. The van der Waals surface area contributed by atoms with Gasteiger partial charge in [0.25, 0.3) is 0 Å². The molecule has 0 fully saturated rings. The minimum absolute atomic E-state index is 0.373. The van der Waals surface area contributed by atoms with Crippen LogP contribution in [0.5, 0.6) is 0 Å². The third-order valence-corrected chi connectivity index (χ3v) is 1.67. The highest BCUT2D eigenvalue weighted by Crippen LogP contribution is 1.95. The van der Waals surface area contributed by atoms with E-state index in [-0.39, 0.29) is 6.04 Å². The van der Waals surface area contributed by atoms with Crippen LogP contribution in [0, 0.1) is 0 Å². The van der Waals surface area contributed by atoms with Crippen molar-refractivity contribution in [2.45, 2.75) is 12.5 Å². The molecule has 9 heavy (non-hydrogen) atoms. The Kier molecular flexibility index (Phi) is 5.07. The number of alkyl halides is 1. The Morgan fingerprint density at radius 2 is 2.44 bits per heavy atom. The molecule has 0 aromatic heterocycles. The number of halogens is 1. The Balaban J connectivity index is 3.54. The fraction of sp³-hybridized carbons (Fsp3) is 0.800. The zero-order chi connectivity index (χ0) is 7.28. The molecule has 0 aliphatic carbocycles. The van der Waals surface area contributed by atoms with Crippen molar-refractivity contribution < 1.29 is 9.90 Å². The van der Waals surface area contributed by atoms with Gasteiger partial charge in [0.2, 0.25) is 0 Å². The standard InChI is InChI=1S/C5H10INO2/c1-7-4(2-3-6)5(8)9/h4,7H,2-3H2,1H3,(H,8,9). The minimum atomic E-state index is -0.769. The molecule has 0 spiro atoms. The van der Waals surface area contributed by atoms with Crippen LogP contribution in [-0.4, -0.2) is 28.6 Å². The van der Waals surface area contributed by atoms with E-state index < -0.39 is 5.97 Å². The van der Waals surface area contributed by atoms with Crippen LogP contribution in [0.25, 0.3) is 0 Å². The zero-order valence-corrected chi connectivity index (χ0v) is 7.38. The number of carboxylic acid groups (broad SMARTS) is 1. The van der Waals surface area contributed by atoms with Crippen LogP contribution in [0.4, 0.5) is 0 Å². The molecule has 0 aromatic carbocycles. The molecule has 0 rings (SSSR count). The molecule has 2 N–H and O–H groups in total. The highest BCUT2D eigenvalue weighted by atomic mass is 127. The number of carboxylic acids is 1. The number of nitrogens with one attached hydrogen (secondary N) is 1. The van der Waals surface area contributed by atoms with Gasteiger partial charge in [-0.3, -0.25) is 4.79 Å². The second-order valence-corrected chi connectivity index (χ2v) is 2.74. The van der Waals surface area contributed by atoms with E-state index in [1.807, 2.05) is 0 Å². The van der Waals surface area contributed by atoms with Crippen LogP contribution < -0.4 is 5.32 Å². The topological polar surface area (TPSA) is 49.3 Å². The number of aliphatic carboxylic acids is 1. The lowest BCUT2D eigenvalue weighted by Gasteiger charge is -2.07. The van der Waals surface area contributed by atoms with Gasteiger partial charge in [0, 0.05) is 4.43 Å². The van der Waals surface area contributed by atoms with E-state index in [1.165, 1.54) is 0 Å². The van der Waals surface area contributed by atoms with Gasteiger partial charge in [-0.2, -0.15) is 0 Å². The highest BCUT2D eigenvalue weighted by molar-refractivity contribution is 14.1. The SMILES string of the molecule is CNC(CCI)C(=O)O. The molecule has 0 aromatic rings. The van der Waals surface area contributed by atoms with Gasteiger partial charge in [0.15, 0.2) is 0 Å². The first-order valence-corrected chi connectivity index (χ1v) is 4.21. The Morgan fingerprint density at radius 3 is 2.56 bits per heavy atom. The van der Waals surface area contributed by atoms with Gasteiger partial charge in [-0.15, -0.1) is 0 Å². The lowest BCUT2D eigenvalue weighted by molar-refractivity contribution is -0.139. The molecule has 0 aliphatic rings. The summed E-state index contributed by atoms with van der Waals surface area (Å²) in [5, 5.41) is 11.1. The Morgan fingerprint density at radius 1 is 1.89 bits per heavy atom. The summed E-state index contributed by atoms with van der Waals surface area (Å²) in [6, 6.07) is -0.373. The number of hydrogen-bond acceptors (Lipinski definition) is 2. The van der Waals surface area contributed by atoms with Gasteiger partial charge in [-0.1, -0.05) is 22.6 Å². The molecule has 1 unspecified atom stereocenters. The third-order valence-electron chi connectivity index (χ3n) is 1.04. The third kappa shape index (κ3) is 3.69. The predicted octanol–water partition coefficient (Wildman–Crippen LogP) is 0.484. The van der Waals surface area contributed by atoms with Crippen LogP contribution in [0.3, 0.4) is 0 Å². The van der Waals surface area contributed by atoms with Crippen molar-refractivity contribution in [3.63, 3.8) is 0 Å². The largest absolute Gasteiger partial charge is 0.480 e. The van der Waals surface area contributed by atoms with Gasteiger partial charge in [0.05, 0.1) is 0 Å². The second kappa shape index (κ2) is 4.99. The highest BCUT2D eigenvalue weighted by Gasteiger charge is 2.12. The minimum Gasteiger partial charge on any atom is -0.480 e. The lowest BCUT2D eigenvalue weighted by atomic mass is 10.2. The molecule has 54 valence electrons. The van der Waals surface area contributed by atoms with Crippen LogP contribution in [0.1, 0.15) is 6.42 Å². The van der Waals surface area contributed by atoms with Crippen LogP contribution >= 0.6 is 22.6 Å². The maximum Gasteiger partial charge on any atom is 0.320 e. The summed E-state index contributed by atoms with van der Waals surface area (Å²) in [6.07, 6.45) is 0.687. The Labute approximate surface area is 68.0 Å². The molecule has 4 heteroatoms. The maximum atomic E-state index is 10.3. The van der Waals surface area contributed by atoms with Crippen LogP contribution in [0.15, 0.2) is 0 Å². The fourth-order valence-electron chi connectivity index (χ4n) is 0.500. The van der Waals surface area contributed by atoms with E-state index in [4.69, 9.17) is 5.11 Å². The molecule has 0 saturated heterocycles. The van der Waals surface area contributed by atoms with E-state index in [0.717, 1.165) is 4.43 Å². The average Bonchev–Trinajstić information content (AvgIpc) is 1.82. The summed E-state index contributed by atoms with van der Waals surface area (Å²) >= 11 is 2.16. The van der Waals surface area contributed by atoms with Crippen molar-refractivity contribution in [1.82, 2.24) is 5.32 Å². The first-order chi connectivity index (χ1) is 4.22. The van der Waals surface area contributed by atoms with Crippen molar-refractivity contribution in [3.05, 3.63) is 0 Å². The Bertz CT molecular complexity index is 97.0. The lowest BCUT2D eigenvalue weighted by Crippen LogP contribution is -2.33. The van der Waals surface area contributed by atoms with Crippen molar-refractivity contribution in [3.8, 4) is 0 Å². The average molecular weight is 243 g/mol. The van der Waals surface area contributed by atoms with Crippen molar-refractivity contribution in [2.75, 3.05) is 11.5 Å². The summed E-state index contributed by atoms with van der Waals surface area (Å²) in [5.74, 6) is -0.769. The normalized spacial score (nSPS) is 13.1. The monoisotopic (exact) mass is 243 g/mol. The molecule has 0 bridgehead atoms. The van der Waals surface area contributed by atoms with Crippen molar-refractivity contribution in [2.24, 2.45) is 0 Å². The molecule has 0 radical (unpaired) electrons. The molecular weight excluding hydrogens is 233 g/mol. The van der Waals surface area contributed by atoms with Gasteiger partial charge in [-0.25, -0.2) is 0 Å². The van der Waals surface area contributed by atoms with Gasteiger partial charge >= 0.3 is 5.97 Å². The number of hydrogen-bond donors (Lipinski definition) is 2. The van der Waals surface area contributed by atoms with E-state index in [2.05, 4.69) is 27.9 Å². The molecule has 0 saturated carbocycles. The van der Waals surface area contributed by atoms with Gasteiger partial charge in [-0.05, 0) is 13.5 Å².